The molecule has 0 saturated carbocycles. The molecule has 0 unspecified atom stereocenters. The van der Waals surface area contributed by atoms with Crippen molar-refractivity contribution in [3.05, 3.63) is 23.8 Å². The van der Waals surface area contributed by atoms with Crippen LogP contribution >= 0.6 is 0 Å². The van der Waals surface area contributed by atoms with Crippen LogP contribution in [0.1, 0.15) is 31.2 Å². The van der Waals surface area contributed by atoms with Gasteiger partial charge >= 0.3 is 0 Å². The first kappa shape index (κ1) is 14.9. The zero-order valence-electron chi connectivity index (χ0n) is 13.0. The third kappa shape index (κ3) is 3.08. The maximum absolute atomic E-state index is 12.4. The normalized spacial score (nSPS) is 18.5. The lowest BCUT2D eigenvalue weighted by Crippen LogP contribution is -2.36. The van der Waals surface area contributed by atoms with Crippen LogP contribution in [-0.2, 0) is 16.0 Å². The van der Waals surface area contributed by atoms with Crippen LogP contribution in [0, 0.1) is 0 Å². The average molecular weight is 302 g/mol. The Morgan fingerprint density at radius 1 is 1.18 bits per heavy atom. The van der Waals surface area contributed by atoms with Crippen LogP contribution in [-0.4, -0.2) is 43.5 Å². The first-order valence-corrected chi connectivity index (χ1v) is 7.95. The number of fused-ring (bicyclic) bond motifs is 1. The van der Waals surface area contributed by atoms with Gasteiger partial charge in [0.2, 0.25) is 5.91 Å². The Bertz CT molecular complexity index is 577. The summed E-state index contributed by atoms with van der Waals surface area (Å²) >= 11 is 0. The van der Waals surface area contributed by atoms with Crippen LogP contribution in [0.25, 0.3) is 0 Å². The zero-order valence-corrected chi connectivity index (χ0v) is 13.0. The molecule has 0 atom stereocenters. The van der Waals surface area contributed by atoms with E-state index in [9.17, 15) is 9.59 Å². The van der Waals surface area contributed by atoms with E-state index in [-0.39, 0.29) is 18.4 Å². The first-order chi connectivity index (χ1) is 10.6. The van der Waals surface area contributed by atoms with Crippen LogP contribution in [0.2, 0.25) is 0 Å². The molecule has 118 valence electrons. The fourth-order valence-corrected chi connectivity index (χ4v) is 3.03. The van der Waals surface area contributed by atoms with E-state index in [4.69, 9.17) is 4.74 Å². The Kier molecular flexibility index (Phi) is 4.32. The lowest BCUT2D eigenvalue weighted by molar-refractivity contribution is -0.130. The highest BCUT2D eigenvalue weighted by atomic mass is 16.5. The fraction of sp³-hybridized carbons (Fsp3) is 0.529. The summed E-state index contributed by atoms with van der Waals surface area (Å²) < 4.78 is 5.41. The second-order valence-corrected chi connectivity index (χ2v) is 6.02. The third-order valence-electron chi connectivity index (χ3n) is 4.42. The summed E-state index contributed by atoms with van der Waals surface area (Å²) in [4.78, 5) is 27.7. The molecule has 1 saturated heterocycles. The number of likely N-dealkylation sites (N-methyl/N-ethyl adjacent to an activating group) is 1. The van der Waals surface area contributed by atoms with E-state index < -0.39 is 0 Å². The minimum absolute atomic E-state index is 0.0662. The molecule has 1 aromatic carbocycles. The van der Waals surface area contributed by atoms with Gasteiger partial charge in [-0.05, 0) is 30.5 Å². The summed E-state index contributed by atoms with van der Waals surface area (Å²) in [5.41, 5.74) is 1.68. The Hall–Kier alpha value is -2.04. The minimum Gasteiger partial charge on any atom is -0.482 e. The molecule has 2 aliphatic rings. The van der Waals surface area contributed by atoms with Crippen molar-refractivity contribution in [1.29, 1.82) is 0 Å². The zero-order chi connectivity index (χ0) is 15.5. The SMILES string of the molecule is CN1C(=O)COc2ccc(CC(=O)N3CCCCCC3)cc21. The van der Waals surface area contributed by atoms with Crippen LogP contribution in [0.15, 0.2) is 18.2 Å². The quantitative estimate of drug-likeness (QED) is 0.839. The van der Waals surface area contributed by atoms with Gasteiger partial charge in [-0.3, -0.25) is 9.59 Å². The number of carbonyl (C=O) groups is 2. The number of benzene rings is 1. The largest absolute Gasteiger partial charge is 0.482 e. The number of hydrogen-bond donors (Lipinski definition) is 0. The Balaban J connectivity index is 1.72. The van der Waals surface area contributed by atoms with Gasteiger partial charge in [0.15, 0.2) is 6.61 Å². The first-order valence-electron chi connectivity index (χ1n) is 7.95. The average Bonchev–Trinajstić information content (AvgIpc) is 2.81. The summed E-state index contributed by atoms with van der Waals surface area (Å²) in [7, 11) is 1.74. The smallest absolute Gasteiger partial charge is 0.264 e. The highest BCUT2D eigenvalue weighted by molar-refractivity contribution is 5.97. The maximum Gasteiger partial charge on any atom is 0.264 e. The van der Waals surface area contributed by atoms with Gasteiger partial charge in [0, 0.05) is 20.1 Å². The van der Waals surface area contributed by atoms with Crippen LogP contribution in [0.3, 0.4) is 0 Å². The molecule has 5 nitrogen and oxygen atoms in total. The molecule has 1 fully saturated rings. The van der Waals surface area contributed by atoms with E-state index in [1.165, 1.54) is 12.8 Å². The Labute approximate surface area is 130 Å². The number of amides is 2. The third-order valence-corrected chi connectivity index (χ3v) is 4.42. The number of likely N-dealkylation sites (tertiary alicyclic amines) is 1. The van der Waals surface area contributed by atoms with Gasteiger partial charge in [-0.25, -0.2) is 0 Å². The fourth-order valence-electron chi connectivity index (χ4n) is 3.03. The molecule has 0 bridgehead atoms. The molecular formula is C17H22N2O3. The highest BCUT2D eigenvalue weighted by Crippen LogP contribution is 2.32. The van der Waals surface area contributed by atoms with E-state index in [1.54, 1.807) is 11.9 Å². The summed E-state index contributed by atoms with van der Waals surface area (Å²) in [5, 5.41) is 0. The lowest BCUT2D eigenvalue weighted by Gasteiger charge is -2.26. The number of carbonyl (C=O) groups excluding carboxylic acids is 2. The number of anilines is 1. The number of ether oxygens (including phenoxy) is 1. The van der Waals surface area contributed by atoms with Gasteiger partial charge in [0.25, 0.3) is 5.91 Å². The molecule has 2 aliphatic heterocycles. The van der Waals surface area contributed by atoms with Crippen molar-refractivity contribution in [3.63, 3.8) is 0 Å². The molecule has 22 heavy (non-hydrogen) atoms. The van der Waals surface area contributed by atoms with Gasteiger partial charge in [0.05, 0.1) is 12.1 Å². The molecule has 0 radical (unpaired) electrons. The predicted octanol–water partition coefficient (Wildman–Crippen LogP) is 1.99. The number of rotatable bonds is 2. The molecule has 2 heterocycles. The Morgan fingerprint density at radius 3 is 2.64 bits per heavy atom. The van der Waals surface area contributed by atoms with Crippen LogP contribution < -0.4 is 9.64 Å². The monoisotopic (exact) mass is 302 g/mol. The van der Waals surface area contributed by atoms with Crippen molar-refractivity contribution in [2.75, 3.05) is 31.6 Å². The van der Waals surface area contributed by atoms with Crippen molar-refractivity contribution in [1.82, 2.24) is 4.90 Å². The van der Waals surface area contributed by atoms with Crippen molar-refractivity contribution in [2.24, 2.45) is 0 Å². The molecule has 0 aromatic heterocycles. The minimum atomic E-state index is -0.0662. The maximum atomic E-state index is 12.4. The summed E-state index contributed by atoms with van der Waals surface area (Å²) in [6, 6.07) is 5.66. The summed E-state index contributed by atoms with van der Waals surface area (Å²) in [5.74, 6) is 0.809. The van der Waals surface area contributed by atoms with Gasteiger partial charge in [-0.1, -0.05) is 18.9 Å². The molecule has 0 aliphatic carbocycles. The van der Waals surface area contributed by atoms with Gasteiger partial charge in [-0.2, -0.15) is 0 Å². The second-order valence-electron chi connectivity index (χ2n) is 6.02. The molecule has 0 spiro atoms. The van der Waals surface area contributed by atoms with Gasteiger partial charge in [0.1, 0.15) is 5.75 Å². The molecule has 3 rings (SSSR count). The topological polar surface area (TPSA) is 49.9 Å². The van der Waals surface area contributed by atoms with Crippen LogP contribution in [0.4, 0.5) is 5.69 Å². The van der Waals surface area contributed by atoms with Crippen molar-refractivity contribution >= 4 is 17.5 Å². The van der Waals surface area contributed by atoms with E-state index in [1.807, 2.05) is 23.1 Å². The lowest BCUT2D eigenvalue weighted by atomic mass is 10.1. The van der Waals surface area contributed by atoms with Gasteiger partial charge < -0.3 is 14.5 Å². The van der Waals surface area contributed by atoms with Crippen LogP contribution in [0.5, 0.6) is 5.75 Å². The van der Waals surface area contributed by atoms with E-state index in [0.29, 0.717) is 12.2 Å². The molecule has 2 amide bonds. The number of nitrogens with zero attached hydrogens (tertiary/aromatic N) is 2. The van der Waals surface area contributed by atoms with Crippen molar-refractivity contribution in [3.8, 4) is 5.75 Å². The molecule has 1 aromatic rings. The predicted molar refractivity (Wildman–Crippen MR) is 84.1 cm³/mol. The Morgan fingerprint density at radius 2 is 1.91 bits per heavy atom. The molecule has 0 N–H and O–H groups in total. The van der Waals surface area contributed by atoms with Crippen molar-refractivity contribution in [2.45, 2.75) is 32.1 Å². The van der Waals surface area contributed by atoms with E-state index in [0.717, 1.165) is 37.2 Å². The summed E-state index contributed by atoms with van der Waals surface area (Å²) in [6.45, 7) is 1.81. The van der Waals surface area contributed by atoms with E-state index >= 15 is 0 Å². The van der Waals surface area contributed by atoms with E-state index in [2.05, 4.69) is 0 Å². The molecular weight excluding hydrogens is 280 g/mol. The standard InChI is InChI=1S/C17H22N2O3/c1-18-14-10-13(6-7-15(14)22-12-17(18)21)11-16(20)19-8-4-2-3-5-9-19/h6-7,10H,2-5,8-9,11-12H2,1H3. The summed E-state index contributed by atoms with van der Waals surface area (Å²) in [6.07, 6.45) is 5.01. The van der Waals surface area contributed by atoms with Crippen molar-refractivity contribution < 1.29 is 14.3 Å². The van der Waals surface area contributed by atoms with Gasteiger partial charge in [-0.15, -0.1) is 0 Å². The highest BCUT2D eigenvalue weighted by Gasteiger charge is 2.23. The number of hydrogen-bond acceptors (Lipinski definition) is 3. The second kappa shape index (κ2) is 6.38. The molecule has 5 heteroatoms.